The Kier molecular flexibility index (Phi) is 4.39. The summed E-state index contributed by atoms with van der Waals surface area (Å²) in [5.41, 5.74) is 6.31. The van der Waals surface area contributed by atoms with Crippen molar-refractivity contribution in [3.05, 3.63) is 45.5 Å². The fourth-order valence-corrected chi connectivity index (χ4v) is 2.01. The third-order valence-corrected chi connectivity index (χ3v) is 3.13. The van der Waals surface area contributed by atoms with E-state index in [4.69, 9.17) is 17.3 Å². The highest BCUT2D eigenvalue weighted by molar-refractivity contribution is 6.30. The monoisotopic (exact) mass is 292 g/mol. The van der Waals surface area contributed by atoms with Gasteiger partial charge in [0.05, 0.1) is 16.4 Å². The first-order valence-electron chi connectivity index (χ1n) is 6.67. The minimum atomic E-state index is -0.340. The molecule has 2 aromatic rings. The smallest absolute Gasteiger partial charge is 0.279 e. The molecule has 0 unspecified atom stereocenters. The number of hydrogen-bond donors (Lipinski definition) is 1. The van der Waals surface area contributed by atoms with Crippen molar-refractivity contribution in [3.63, 3.8) is 0 Å². The first kappa shape index (κ1) is 14.5. The van der Waals surface area contributed by atoms with Gasteiger partial charge in [-0.2, -0.15) is 5.10 Å². The van der Waals surface area contributed by atoms with Crippen LogP contribution in [0.25, 0.3) is 5.82 Å². The molecule has 0 amide bonds. The van der Waals surface area contributed by atoms with Crippen molar-refractivity contribution < 1.29 is 0 Å². The summed E-state index contributed by atoms with van der Waals surface area (Å²) in [7, 11) is 0. The fraction of sp³-hybridized carbons (Fsp3) is 0.357. The van der Waals surface area contributed by atoms with Crippen LogP contribution in [-0.2, 0) is 0 Å². The number of aromatic nitrogens is 3. The predicted octanol–water partition coefficient (Wildman–Crippen LogP) is 2.77. The number of nitrogen functional groups attached to an aromatic ring is 1. The van der Waals surface area contributed by atoms with E-state index in [1.165, 1.54) is 16.8 Å². The lowest BCUT2D eigenvalue weighted by atomic mass is 10.3. The van der Waals surface area contributed by atoms with E-state index in [2.05, 4.69) is 10.2 Å². The topological polar surface area (TPSA) is 73.8 Å². The molecule has 2 N–H and O–H groups in total. The van der Waals surface area contributed by atoms with Crippen LogP contribution < -0.4 is 11.3 Å². The lowest BCUT2D eigenvalue weighted by Crippen LogP contribution is -2.22. The second-order valence-corrected chi connectivity index (χ2v) is 4.82. The molecular weight excluding hydrogens is 276 g/mol. The van der Waals surface area contributed by atoms with Gasteiger partial charge >= 0.3 is 0 Å². The largest absolute Gasteiger partial charge is 0.394 e. The lowest BCUT2D eigenvalue weighted by Gasteiger charge is -2.06. The Morgan fingerprint density at radius 3 is 2.55 bits per heavy atom. The van der Waals surface area contributed by atoms with E-state index in [9.17, 15) is 4.79 Å². The molecule has 0 bridgehead atoms. The molecule has 0 atom stereocenters. The van der Waals surface area contributed by atoms with Crippen molar-refractivity contribution in [2.24, 2.45) is 0 Å². The molecule has 3 rings (SSSR count). The van der Waals surface area contributed by atoms with Gasteiger partial charge in [0.1, 0.15) is 0 Å². The first-order valence-corrected chi connectivity index (χ1v) is 7.04. The maximum atomic E-state index is 11.9. The molecule has 1 saturated carbocycles. The predicted molar refractivity (Wildman–Crippen MR) is 80.4 cm³/mol. The lowest BCUT2D eigenvalue weighted by molar-refractivity contribution is 0.843. The molecule has 1 fully saturated rings. The minimum Gasteiger partial charge on any atom is -0.394 e. The molecule has 2 heterocycles. The minimum absolute atomic E-state index is 0.0931. The average Bonchev–Trinajstić information content (AvgIpc) is 3.30. The maximum absolute atomic E-state index is 11.9. The number of hydrogen-bond acceptors (Lipinski definition) is 4. The second kappa shape index (κ2) is 6.05. The molecule has 5 nitrogen and oxygen atoms in total. The summed E-state index contributed by atoms with van der Waals surface area (Å²) < 4.78 is 1.31. The SMILES string of the molecule is CC.Nc1cc(Cl)cn(-c2ccc(C3CC3)nn2)c1=O. The van der Waals surface area contributed by atoms with Gasteiger partial charge in [-0.05, 0) is 31.0 Å². The van der Waals surface area contributed by atoms with E-state index in [1.54, 1.807) is 6.07 Å². The average molecular weight is 293 g/mol. The van der Waals surface area contributed by atoms with E-state index in [0.717, 1.165) is 18.5 Å². The summed E-state index contributed by atoms with van der Waals surface area (Å²) >= 11 is 5.88. The van der Waals surface area contributed by atoms with Crippen LogP contribution >= 0.6 is 11.6 Å². The number of pyridine rings is 1. The van der Waals surface area contributed by atoms with Crippen LogP contribution in [0.4, 0.5) is 5.69 Å². The van der Waals surface area contributed by atoms with Crippen molar-refractivity contribution in [1.29, 1.82) is 0 Å². The molecule has 0 aromatic carbocycles. The van der Waals surface area contributed by atoms with Crippen LogP contribution in [0.15, 0.2) is 29.2 Å². The summed E-state index contributed by atoms with van der Waals surface area (Å²) in [6, 6.07) is 5.08. The Balaban J connectivity index is 0.000000704. The van der Waals surface area contributed by atoms with Gasteiger partial charge in [-0.15, -0.1) is 5.10 Å². The van der Waals surface area contributed by atoms with Gasteiger partial charge < -0.3 is 5.73 Å². The van der Waals surface area contributed by atoms with E-state index < -0.39 is 0 Å². The van der Waals surface area contributed by atoms with Gasteiger partial charge in [-0.1, -0.05) is 25.4 Å². The van der Waals surface area contributed by atoms with E-state index in [1.807, 2.05) is 19.9 Å². The number of anilines is 1. The Morgan fingerprint density at radius 2 is 2.00 bits per heavy atom. The zero-order valence-electron chi connectivity index (χ0n) is 11.5. The summed E-state index contributed by atoms with van der Waals surface area (Å²) in [5.74, 6) is 0.964. The van der Waals surface area contributed by atoms with E-state index >= 15 is 0 Å². The van der Waals surface area contributed by atoms with Gasteiger partial charge in [-0.3, -0.25) is 9.36 Å². The van der Waals surface area contributed by atoms with Crippen molar-refractivity contribution in [2.75, 3.05) is 5.73 Å². The summed E-state index contributed by atoms with van der Waals surface area (Å²) in [6.45, 7) is 4.00. The quantitative estimate of drug-likeness (QED) is 0.923. The standard InChI is InChI=1S/C12H11ClN4O.C2H6/c13-8-5-9(14)12(18)17(6-8)11-4-3-10(15-16-11)7-1-2-7;1-2/h3-7H,1-2,14H2;1-2H3. The van der Waals surface area contributed by atoms with E-state index in [-0.39, 0.29) is 11.2 Å². The van der Waals surface area contributed by atoms with Gasteiger partial charge in [0, 0.05) is 12.1 Å². The van der Waals surface area contributed by atoms with Gasteiger partial charge in [-0.25, -0.2) is 0 Å². The normalized spacial score (nSPS) is 13.6. The van der Waals surface area contributed by atoms with Crippen molar-refractivity contribution in [1.82, 2.24) is 14.8 Å². The van der Waals surface area contributed by atoms with E-state index in [0.29, 0.717) is 16.8 Å². The summed E-state index contributed by atoms with van der Waals surface area (Å²) in [4.78, 5) is 11.9. The number of nitrogens with two attached hydrogens (primary N) is 1. The van der Waals surface area contributed by atoms with Crippen LogP contribution in [-0.4, -0.2) is 14.8 Å². The van der Waals surface area contributed by atoms with Crippen LogP contribution in [0.1, 0.15) is 38.3 Å². The Morgan fingerprint density at radius 1 is 1.30 bits per heavy atom. The molecular formula is C14H17ClN4O. The summed E-state index contributed by atoms with van der Waals surface area (Å²) in [6.07, 6.45) is 3.82. The molecule has 106 valence electrons. The Bertz CT molecular complexity index is 647. The maximum Gasteiger partial charge on any atom is 0.279 e. The van der Waals surface area contributed by atoms with Gasteiger partial charge in [0.25, 0.3) is 5.56 Å². The summed E-state index contributed by atoms with van der Waals surface area (Å²) in [5, 5.41) is 8.56. The van der Waals surface area contributed by atoms with Crippen molar-refractivity contribution >= 4 is 17.3 Å². The highest BCUT2D eigenvalue weighted by Crippen LogP contribution is 2.38. The fourth-order valence-electron chi connectivity index (χ4n) is 1.80. The second-order valence-electron chi connectivity index (χ2n) is 4.38. The number of halogens is 1. The van der Waals surface area contributed by atoms with Crippen molar-refractivity contribution in [3.8, 4) is 5.82 Å². The van der Waals surface area contributed by atoms with Crippen molar-refractivity contribution in [2.45, 2.75) is 32.6 Å². The molecule has 1 aliphatic carbocycles. The van der Waals surface area contributed by atoms with Gasteiger partial charge in [0.15, 0.2) is 5.82 Å². The molecule has 0 saturated heterocycles. The molecule has 0 radical (unpaired) electrons. The third-order valence-electron chi connectivity index (χ3n) is 2.93. The molecule has 0 spiro atoms. The zero-order valence-corrected chi connectivity index (χ0v) is 12.3. The third kappa shape index (κ3) is 2.99. The van der Waals surface area contributed by atoms with Crippen LogP contribution in [0.5, 0.6) is 0 Å². The van der Waals surface area contributed by atoms with Gasteiger partial charge in [0.2, 0.25) is 0 Å². The highest BCUT2D eigenvalue weighted by atomic mass is 35.5. The zero-order chi connectivity index (χ0) is 14.7. The first-order chi connectivity index (χ1) is 9.65. The highest BCUT2D eigenvalue weighted by Gasteiger charge is 2.25. The van der Waals surface area contributed by atoms with Crippen LogP contribution in [0.2, 0.25) is 5.02 Å². The molecule has 2 aromatic heterocycles. The molecule has 0 aliphatic heterocycles. The van der Waals surface area contributed by atoms with Crippen LogP contribution in [0.3, 0.4) is 0 Å². The molecule has 1 aliphatic rings. The molecule has 6 heteroatoms. The number of nitrogens with zero attached hydrogens (tertiary/aromatic N) is 3. The molecule has 20 heavy (non-hydrogen) atoms. The Labute approximate surface area is 122 Å². The number of rotatable bonds is 2. The Hall–Kier alpha value is -1.88. The van der Waals surface area contributed by atoms with Crippen LogP contribution in [0, 0.1) is 0 Å².